The number of hydrogen-bond acceptors (Lipinski definition) is 4. The van der Waals surface area contributed by atoms with Gasteiger partial charge in [0.15, 0.2) is 0 Å². The van der Waals surface area contributed by atoms with E-state index in [0.717, 1.165) is 11.3 Å². The van der Waals surface area contributed by atoms with Crippen molar-refractivity contribution in [3.63, 3.8) is 0 Å². The van der Waals surface area contributed by atoms with Gasteiger partial charge in [0.1, 0.15) is 5.65 Å². The van der Waals surface area contributed by atoms with Crippen LogP contribution >= 0.6 is 11.3 Å². The summed E-state index contributed by atoms with van der Waals surface area (Å²) >= 11 is 1.42. The molecule has 0 spiro atoms. The SMILES string of the molecule is Cc1cccn2c(=O)c3c(nc12)CCN(C(=O)c1cccs1)C3. The molecule has 1 aliphatic rings. The highest BCUT2D eigenvalue weighted by atomic mass is 32.1. The maximum absolute atomic E-state index is 12.8. The average Bonchev–Trinajstić information content (AvgIpc) is 3.10. The molecule has 1 aliphatic heterocycles. The van der Waals surface area contributed by atoms with Gasteiger partial charge in [0.2, 0.25) is 0 Å². The minimum absolute atomic E-state index is 0.0145. The van der Waals surface area contributed by atoms with Gasteiger partial charge in [-0.15, -0.1) is 11.3 Å². The van der Waals surface area contributed by atoms with E-state index in [1.807, 2.05) is 36.6 Å². The van der Waals surface area contributed by atoms with Crippen molar-refractivity contribution in [1.82, 2.24) is 14.3 Å². The number of aromatic nitrogens is 2. The number of hydrogen-bond donors (Lipinski definition) is 0. The summed E-state index contributed by atoms with van der Waals surface area (Å²) in [6.07, 6.45) is 2.35. The molecule has 3 aromatic heterocycles. The highest BCUT2D eigenvalue weighted by Crippen LogP contribution is 2.20. The second-order valence-corrected chi connectivity index (χ2v) is 6.63. The quantitative estimate of drug-likeness (QED) is 0.690. The van der Waals surface area contributed by atoms with Crippen LogP contribution in [0.3, 0.4) is 0 Å². The third-order valence-corrected chi connectivity index (χ3v) is 5.07. The van der Waals surface area contributed by atoms with Crippen LogP contribution in [-0.4, -0.2) is 26.7 Å². The molecule has 6 heteroatoms. The van der Waals surface area contributed by atoms with E-state index in [1.165, 1.54) is 11.3 Å². The Labute approximate surface area is 136 Å². The molecule has 4 rings (SSSR count). The van der Waals surface area contributed by atoms with Crippen molar-refractivity contribution in [3.8, 4) is 0 Å². The minimum atomic E-state index is -0.0719. The van der Waals surface area contributed by atoms with Crippen molar-refractivity contribution in [2.24, 2.45) is 0 Å². The summed E-state index contributed by atoms with van der Waals surface area (Å²) in [5, 5.41) is 1.89. The number of nitrogens with zero attached hydrogens (tertiary/aromatic N) is 3. The van der Waals surface area contributed by atoms with Crippen molar-refractivity contribution in [2.75, 3.05) is 6.54 Å². The molecule has 0 saturated carbocycles. The van der Waals surface area contributed by atoms with Crippen LogP contribution in [0, 0.1) is 6.92 Å². The zero-order valence-corrected chi connectivity index (χ0v) is 13.5. The fraction of sp³-hybridized carbons (Fsp3) is 0.235. The second kappa shape index (κ2) is 5.31. The standard InChI is InChI=1S/C17H15N3O2S/c1-11-4-2-7-20-15(11)18-13-6-8-19(10-12(13)16(20)21)17(22)14-5-3-9-23-14/h2-5,7,9H,6,8,10H2,1H3. The summed E-state index contributed by atoms with van der Waals surface area (Å²) in [5.41, 5.74) is 3.06. The molecule has 0 aromatic carbocycles. The Morgan fingerprint density at radius 1 is 1.30 bits per heavy atom. The number of rotatable bonds is 1. The molecule has 0 bridgehead atoms. The maximum atomic E-state index is 12.8. The van der Waals surface area contributed by atoms with Gasteiger partial charge in [0.05, 0.1) is 22.7 Å². The molecule has 0 atom stereocenters. The third-order valence-electron chi connectivity index (χ3n) is 4.22. The van der Waals surface area contributed by atoms with Crippen LogP contribution < -0.4 is 5.56 Å². The normalized spacial score (nSPS) is 14.0. The van der Waals surface area contributed by atoms with Crippen LogP contribution in [-0.2, 0) is 13.0 Å². The lowest BCUT2D eigenvalue weighted by Gasteiger charge is -2.27. The molecule has 4 heterocycles. The number of carbonyl (C=O) groups is 1. The molecule has 0 fully saturated rings. The molecule has 0 radical (unpaired) electrons. The number of thiophene rings is 1. The van der Waals surface area contributed by atoms with Crippen molar-refractivity contribution in [2.45, 2.75) is 19.9 Å². The molecule has 23 heavy (non-hydrogen) atoms. The molecular weight excluding hydrogens is 310 g/mol. The lowest BCUT2D eigenvalue weighted by Crippen LogP contribution is -2.40. The predicted molar refractivity (Wildman–Crippen MR) is 89.0 cm³/mol. The largest absolute Gasteiger partial charge is 0.333 e. The summed E-state index contributed by atoms with van der Waals surface area (Å²) in [6.45, 7) is 2.87. The molecule has 3 aromatic rings. The summed E-state index contributed by atoms with van der Waals surface area (Å²) in [5.74, 6) is -0.0145. The van der Waals surface area contributed by atoms with E-state index in [1.54, 1.807) is 15.5 Å². The average molecular weight is 325 g/mol. The van der Waals surface area contributed by atoms with Gasteiger partial charge in [-0.3, -0.25) is 14.0 Å². The van der Waals surface area contributed by atoms with Crippen molar-refractivity contribution in [1.29, 1.82) is 0 Å². The Morgan fingerprint density at radius 3 is 2.96 bits per heavy atom. The summed E-state index contributed by atoms with van der Waals surface area (Å²) in [4.78, 5) is 32.4. The fourth-order valence-corrected chi connectivity index (χ4v) is 3.68. The summed E-state index contributed by atoms with van der Waals surface area (Å²) < 4.78 is 1.58. The van der Waals surface area contributed by atoms with Gasteiger partial charge in [-0.2, -0.15) is 0 Å². The topological polar surface area (TPSA) is 54.7 Å². The lowest BCUT2D eigenvalue weighted by molar-refractivity contribution is 0.0737. The summed E-state index contributed by atoms with van der Waals surface area (Å²) in [7, 11) is 0. The molecule has 0 aliphatic carbocycles. The van der Waals surface area contributed by atoms with E-state index in [0.29, 0.717) is 35.6 Å². The first kappa shape index (κ1) is 14.1. The fourth-order valence-electron chi connectivity index (χ4n) is 2.98. The maximum Gasteiger partial charge on any atom is 0.264 e. The zero-order valence-electron chi connectivity index (χ0n) is 12.7. The Kier molecular flexibility index (Phi) is 3.27. The van der Waals surface area contributed by atoms with Crippen LogP contribution in [0.5, 0.6) is 0 Å². The third kappa shape index (κ3) is 2.26. The second-order valence-electron chi connectivity index (χ2n) is 5.68. The highest BCUT2D eigenvalue weighted by Gasteiger charge is 2.26. The number of pyridine rings is 1. The Hall–Kier alpha value is -2.47. The van der Waals surface area contributed by atoms with Gasteiger partial charge in [-0.25, -0.2) is 4.98 Å². The first-order chi connectivity index (χ1) is 11.1. The molecular formula is C17H15N3O2S. The van der Waals surface area contributed by atoms with Gasteiger partial charge in [0.25, 0.3) is 11.5 Å². The Balaban J connectivity index is 1.78. The van der Waals surface area contributed by atoms with E-state index in [2.05, 4.69) is 4.98 Å². The van der Waals surface area contributed by atoms with Gasteiger partial charge in [0, 0.05) is 19.2 Å². The van der Waals surface area contributed by atoms with Crippen LogP contribution in [0.4, 0.5) is 0 Å². The van der Waals surface area contributed by atoms with Gasteiger partial charge >= 0.3 is 0 Å². The number of aryl methyl sites for hydroxylation is 1. The summed E-state index contributed by atoms with van der Waals surface area (Å²) in [6, 6.07) is 7.47. The van der Waals surface area contributed by atoms with E-state index in [9.17, 15) is 9.59 Å². The zero-order chi connectivity index (χ0) is 16.0. The first-order valence-corrected chi connectivity index (χ1v) is 8.35. The van der Waals surface area contributed by atoms with Crippen LogP contribution in [0.25, 0.3) is 5.65 Å². The van der Waals surface area contributed by atoms with Gasteiger partial charge in [-0.1, -0.05) is 12.1 Å². The molecule has 0 unspecified atom stereocenters. The molecule has 0 N–H and O–H groups in total. The first-order valence-electron chi connectivity index (χ1n) is 7.47. The van der Waals surface area contributed by atoms with Crippen molar-refractivity contribution in [3.05, 3.63) is 67.9 Å². The molecule has 0 saturated heterocycles. The van der Waals surface area contributed by atoms with Crippen molar-refractivity contribution < 1.29 is 4.79 Å². The van der Waals surface area contributed by atoms with E-state index < -0.39 is 0 Å². The lowest BCUT2D eigenvalue weighted by atomic mass is 10.1. The molecule has 1 amide bonds. The van der Waals surface area contributed by atoms with E-state index in [4.69, 9.17) is 0 Å². The predicted octanol–water partition coefficient (Wildman–Crippen LogP) is 2.26. The monoisotopic (exact) mass is 325 g/mol. The smallest absolute Gasteiger partial charge is 0.264 e. The molecule has 116 valence electrons. The Morgan fingerprint density at radius 2 is 2.17 bits per heavy atom. The van der Waals surface area contributed by atoms with Crippen LogP contribution in [0.1, 0.15) is 26.5 Å². The van der Waals surface area contributed by atoms with Crippen LogP contribution in [0.2, 0.25) is 0 Å². The van der Waals surface area contributed by atoms with Gasteiger partial charge in [-0.05, 0) is 30.0 Å². The number of fused-ring (bicyclic) bond motifs is 2. The molecule has 5 nitrogen and oxygen atoms in total. The highest BCUT2D eigenvalue weighted by molar-refractivity contribution is 7.12. The van der Waals surface area contributed by atoms with Crippen molar-refractivity contribution >= 4 is 22.9 Å². The number of carbonyl (C=O) groups excluding carboxylic acids is 1. The minimum Gasteiger partial charge on any atom is -0.333 e. The Bertz CT molecular complexity index is 960. The van der Waals surface area contributed by atoms with E-state index in [-0.39, 0.29) is 11.5 Å². The van der Waals surface area contributed by atoms with Crippen LogP contribution in [0.15, 0.2) is 40.6 Å². The number of amides is 1. The van der Waals surface area contributed by atoms with E-state index >= 15 is 0 Å². The van der Waals surface area contributed by atoms with Gasteiger partial charge < -0.3 is 4.90 Å².